The highest BCUT2D eigenvalue weighted by Gasteiger charge is 2.57. The Kier molecular flexibility index (Phi) is 16.8. The van der Waals surface area contributed by atoms with Crippen molar-refractivity contribution in [3.8, 4) is 188 Å². The quantitative estimate of drug-likeness (QED) is 0.0673. The number of esters is 8. The second-order valence-corrected chi connectivity index (χ2v) is 25.0. The summed E-state index contributed by atoms with van der Waals surface area (Å²) in [5, 5.41) is 294. The molecule has 1 saturated heterocycles. The van der Waals surface area contributed by atoms with Gasteiger partial charge in [0.25, 0.3) is 0 Å². The Morgan fingerprint density at radius 2 is 0.670 bits per heavy atom. The van der Waals surface area contributed by atoms with E-state index in [1.54, 1.807) is 0 Å². The number of aliphatic hydroxyl groups is 3. The maximum Gasteiger partial charge on any atom is 0.344 e. The lowest BCUT2D eigenvalue weighted by molar-refractivity contribution is -0.284. The van der Waals surface area contributed by atoms with Gasteiger partial charge in [0.2, 0.25) is 58.0 Å². The number of ether oxygens (including phenoxy) is 10. The van der Waals surface area contributed by atoms with Crippen molar-refractivity contribution in [2.24, 2.45) is 0 Å². The lowest BCUT2D eigenvalue weighted by atomic mass is 9.80. The van der Waals surface area contributed by atoms with Gasteiger partial charge in [-0.25, -0.2) is 38.4 Å². The Bertz CT molecular complexity index is 5660. The summed E-state index contributed by atoms with van der Waals surface area (Å²) in [7, 11) is 0. The molecule has 15 rings (SSSR count). The van der Waals surface area contributed by atoms with Gasteiger partial charge in [-0.2, -0.15) is 0 Å². The number of carbonyl (C=O) groups is 8. The van der Waals surface area contributed by atoms with Gasteiger partial charge in [-0.15, -0.1) is 0 Å². The maximum absolute atomic E-state index is 15.8. The van der Waals surface area contributed by atoms with E-state index in [1.165, 1.54) is 0 Å². The van der Waals surface area contributed by atoms with Crippen molar-refractivity contribution in [3.63, 3.8) is 0 Å². The minimum absolute atomic E-state index is 0.116. The summed E-state index contributed by atoms with van der Waals surface area (Å²) >= 11 is 0. The minimum atomic E-state index is -3.12. The Labute approximate surface area is 613 Å². The Morgan fingerprint density at radius 1 is 0.312 bits per heavy atom. The Morgan fingerprint density at radius 3 is 1.17 bits per heavy atom. The molecule has 44 nitrogen and oxygen atoms in total. The number of benzene rings is 8. The number of carbonyl (C=O) groups excluding carboxylic acids is 8. The monoisotopic (exact) mass is 1570 g/mol. The predicted molar refractivity (Wildman–Crippen MR) is 344 cm³/mol. The van der Waals surface area contributed by atoms with Crippen LogP contribution in [0.25, 0.3) is 44.5 Å². The zero-order valence-electron chi connectivity index (χ0n) is 54.6. The van der Waals surface area contributed by atoms with Crippen LogP contribution in [0.1, 0.15) is 94.5 Å². The number of phenols is 23. The van der Waals surface area contributed by atoms with Crippen molar-refractivity contribution in [2.75, 3.05) is 13.2 Å². The average molecular weight is 1570 g/mol. The number of aromatic hydroxyl groups is 23. The SMILES string of the molecule is O=C(O[C@@H]1OC2COC(=O)c3cc(O)c(O)c(O)c3-c3c(cc(O)c(O)c3O)C(=O)OC2[C@@H](O)[C@H]1O)c1cc(O)c(O)c(O)c1Oc1cc2c(c(O)c1O)-c1c(cc(O)c(O)c1O)C(=O)OC[C@@H]1OC(=O)c3cc(O)c(O)c(O)c3-c3c(O)c(O)c(O)c4c3C(=O)O[C@@H]([C@@H]1OC2=O)[C@@H]1OC(=O)c2c-4c(O)c(O)c(O)c2[C@H]1O. The minimum Gasteiger partial charge on any atom is -0.504 e. The molecule has 26 N–H and O–H groups in total. The fourth-order valence-electron chi connectivity index (χ4n) is 13.4. The van der Waals surface area contributed by atoms with E-state index in [0.717, 1.165) is 0 Å². The molecule has 582 valence electrons. The maximum atomic E-state index is 15.8. The first-order valence-electron chi connectivity index (χ1n) is 31.3. The smallest absolute Gasteiger partial charge is 0.344 e. The summed E-state index contributed by atoms with van der Waals surface area (Å²) in [6.07, 6.45) is -27.6. The summed E-state index contributed by atoms with van der Waals surface area (Å²) in [4.78, 5) is 118. The van der Waals surface area contributed by atoms with Crippen LogP contribution in [-0.4, -0.2) is 249 Å². The summed E-state index contributed by atoms with van der Waals surface area (Å²) in [6.45, 7) is -3.07. The molecule has 0 saturated carbocycles. The standard InChI is InChI=1S/C68H46O44/c69-15-1-9-23(40(80)34(15)74)25-11(3-17(71)36(76)42(25)82)63(98)108-56-21(7-103-60(9)95)107-68(54(94)53(56)93)112-65(100)14-5-19(73)38(78)52(92)55(14)105-20-6-13-26(44(84)39(20)79)24-10(2-16(70)35(75)41(24)81)61(96)104-8-22-57(109-64(13)99)59-58-49(89)33-32(67(102)110-58)30(47(87)51(91)48(33)88)29-31(66(101)111-59)28(45(85)50(90)46(29)86)27-12(62(97)106-22)4-18(72)37(77)43(27)83/h1-6,21-22,49,53-54,56-59,68-94H,7-8H2/t21?,22-,49+,53-,54+,56?,57+,58+,59-,68-/m0/s1. The van der Waals surface area contributed by atoms with Crippen molar-refractivity contribution in [3.05, 3.63) is 86.5 Å². The number of cyclic esters (lactones) is 2. The van der Waals surface area contributed by atoms with Gasteiger partial charge in [0.1, 0.15) is 43.2 Å². The first kappa shape index (κ1) is 73.5. The van der Waals surface area contributed by atoms with Gasteiger partial charge in [-0.3, -0.25) is 0 Å². The predicted octanol–water partition coefficient (Wildman–Crippen LogP) is 1.42. The third-order valence-corrected chi connectivity index (χ3v) is 18.8. The van der Waals surface area contributed by atoms with Crippen molar-refractivity contribution < 1.29 is 218 Å². The van der Waals surface area contributed by atoms with Gasteiger partial charge in [0.05, 0.1) is 38.9 Å². The number of fused-ring (bicyclic) bond motifs is 11. The van der Waals surface area contributed by atoms with Crippen molar-refractivity contribution in [1.82, 2.24) is 0 Å². The van der Waals surface area contributed by atoms with E-state index >= 15 is 14.4 Å². The molecule has 2 unspecified atom stereocenters. The molecular weight excluding hydrogens is 1520 g/mol. The van der Waals surface area contributed by atoms with Crippen LogP contribution in [0.5, 0.6) is 144 Å². The molecule has 10 atom stereocenters. The third kappa shape index (κ3) is 10.7. The van der Waals surface area contributed by atoms with Gasteiger partial charge >= 0.3 is 47.8 Å². The molecule has 7 aliphatic heterocycles. The number of aliphatic hydroxyl groups excluding tert-OH is 3. The van der Waals surface area contributed by atoms with E-state index in [-0.39, 0.29) is 24.3 Å². The molecule has 0 spiro atoms. The molecule has 8 aromatic rings. The van der Waals surface area contributed by atoms with Crippen molar-refractivity contribution in [1.29, 1.82) is 0 Å². The van der Waals surface area contributed by atoms with Crippen LogP contribution in [0.4, 0.5) is 0 Å². The normalized spacial score (nSPS) is 21.7. The zero-order chi connectivity index (χ0) is 81.4. The lowest BCUT2D eigenvalue weighted by Gasteiger charge is -2.41. The second kappa shape index (κ2) is 25.6. The fourth-order valence-corrected chi connectivity index (χ4v) is 13.4. The molecule has 0 aromatic heterocycles. The van der Waals surface area contributed by atoms with Crippen LogP contribution in [0.3, 0.4) is 0 Å². The molecule has 1 fully saturated rings. The third-order valence-electron chi connectivity index (χ3n) is 18.8. The fraction of sp³-hybridized carbons (Fsp3) is 0.176. The molecule has 7 heterocycles. The van der Waals surface area contributed by atoms with Crippen molar-refractivity contribution in [2.45, 2.75) is 61.2 Å². The zero-order valence-corrected chi connectivity index (χ0v) is 54.6. The van der Waals surface area contributed by atoms with Crippen LogP contribution < -0.4 is 4.74 Å². The second-order valence-electron chi connectivity index (χ2n) is 25.0. The van der Waals surface area contributed by atoms with Gasteiger partial charge in [0.15, 0.2) is 123 Å². The van der Waals surface area contributed by atoms with E-state index in [2.05, 4.69) is 0 Å². The Hall–Kier alpha value is -15.4. The van der Waals surface area contributed by atoms with Gasteiger partial charge in [-0.1, -0.05) is 0 Å². The average Bonchev–Trinajstić information content (AvgIpc) is 0.895. The molecule has 7 aliphatic rings. The van der Waals surface area contributed by atoms with E-state index < -0.39 is 361 Å². The lowest BCUT2D eigenvalue weighted by Crippen LogP contribution is -2.61. The Balaban J connectivity index is 0.906. The summed E-state index contributed by atoms with van der Waals surface area (Å²) in [5.74, 6) is -56.8. The molecular formula is C68H46O44. The highest BCUT2D eigenvalue weighted by Crippen LogP contribution is 2.64. The van der Waals surface area contributed by atoms with Gasteiger partial charge < -0.3 is 180 Å². The van der Waals surface area contributed by atoms with Crippen LogP contribution in [0.15, 0.2) is 36.4 Å². The van der Waals surface area contributed by atoms with E-state index in [0.29, 0.717) is 12.1 Å². The molecule has 0 amide bonds. The van der Waals surface area contributed by atoms with Crippen LogP contribution in [0, 0.1) is 0 Å². The summed E-state index contributed by atoms with van der Waals surface area (Å²) < 4.78 is 55.7. The van der Waals surface area contributed by atoms with Crippen LogP contribution in [0.2, 0.25) is 0 Å². The topological polar surface area (TPSA) is 755 Å². The van der Waals surface area contributed by atoms with E-state index in [1.807, 2.05) is 0 Å². The largest absolute Gasteiger partial charge is 0.504 e. The van der Waals surface area contributed by atoms with E-state index in [4.69, 9.17) is 47.4 Å². The van der Waals surface area contributed by atoms with Crippen LogP contribution in [-0.2, 0) is 42.6 Å². The highest BCUT2D eigenvalue weighted by molar-refractivity contribution is 6.17. The molecule has 0 aliphatic carbocycles. The first-order valence-corrected chi connectivity index (χ1v) is 31.3. The molecule has 44 heteroatoms. The highest BCUT2D eigenvalue weighted by atomic mass is 16.7. The number of rotatable bonds is 4. The number of hydrogen-bond donors (Lipinski definition) is 26. The van der Waals surface area contributed by atoms with Gasteiger partial charge in [-0.05, 0) is 24.3 Å². The molecule has 0 radical (unpaired) electrons. The van der Waals surface area contributed by atoms with Crippen molar-refractivity contribution >= 4 is 47.8 Å². The number of phenolic OH excluding ortho intramolecular Hbond substituents is 23. The summed E-state index contributed by atoms with van der Waals surface area (Å²) in [6, 6.07) is 1.53. The number of hydrogen-bond acceptors (Lipinski definition) is 44. The first-order chi connectivity index (χ1) is 52.7. The van der Waals surface area contributed by atoms with E-state index in [9.17, 15) is 157 Å². The summed E-state index contributed by atoms with van der Waals surface area (Å²) in [5.41, 5.74) is -23.3. The molecule has 6 bridgehead atoms. The van der Waals surface area contributed by atoms with Gasteiger partial charge in [0, 0.05) is 62.2 Å². The molecule has 8 aromatic carbocycles. The molecule has 112 heavy (non-hydrogen) atoms. The van der Waals surface area contributed by atoms with Crippen LogP contribution >= 0.6 is 0 Å².